The van der Waals surface area contributed by atoms with Crippen LogP contribution in [0, 0.1) is 0 Å². The molecule has 0 aromatic heterocycles. The van der Waals surface area contributed by atoms with E-state index in [1.54, 1.807) is 0 Å². The second-order valence-electron chi connectivity index (χ2n) is 5.47. The van der Waals surface area contributed by atoms with Crippen LogP contribution in [0.3, 0.4) is 0 Å². The fourth-order valence-corrected chi connectivity index (χ4v) is 2.28. The van der Waals surface area contributed by atoms with Crippen molar-refractivity contribution in [3.05, 3.63) is 60.2 Å². The van der Waals surface area contributed by atoms with E-state index in [0.29, 0.717) is 5.92 Å². The summed E-state index contributed by atoms with van der Waals surface area (Å²) in [6.45, 7) is 3.28. The summed E-state index contributed by atoms with van der Waals surface area (Å²) in [7, 11) is 4.13. The van der Waals surface area contributed by atoms with Gasteiger partial charge >= 0.3 is 0 Å². The first-order valence-electron chi connectivity index (χ1n) is 7.23. The Balaban J connectivity index is 1.85. The van der Waals surface area contributed by atoms with Gasteiger partial charge in [-0.25, -0.2) is 0 Å². The summed E-state index contributed by atoms with van der Waals surface area (Å²) in [5.41, 5.74) is 3.83. The van der Waals surface area contributed by atoms with E-state index in [4.69, 9.17) is 0 Å². The van der Waals surface area contributed by atoms with E-state index in [-0.39, 0.29) is 0 Å². The van der Waals surface area contributed by atoms with E-state index < -0.39 is 0 Å². The Morgan fingerprint density at radius 1 is 1.00 bits per heavy atom. The summed E-state index contributed by atoms with van der Waals surface area (Å²) in [5, 5.41) is 3.51. The third-order valence-corrected chi connectivity index (χ3v) is 3.64. The Labute approximate surface area is 122 Å². The lowest BCUT2D eigenvalue weighted by molar-refractivity contribution is 0.706. The quantitative estimate of drug-likeness (QED) is 0.837. The van der Waals surface area contributed by atoms with Gasteiger partial charge in [0.05, 0.1) is 0 Å². The third kappa shape index (κ3) is 4.02. The molecule has 0 saturated heterocycles. The van der Waals surface area contributed by atoms with Crippen LogP contribution in [0.5, 0.6) is 0 Å². The highest BCUT2D eigenvalue weighted by molar-refractivity contribution is 5.57. The molecule has 0 fully saturated rings. The fraction of sp³-hybridized carbons (Fsp3) is 0.333. The smallest absolute Gasteiger partial charge is 0.0381 e. The normalized spacial score (nSPS) is 11.9. The monoisotopic (exact) mass is 268 g/mol. The van der Waals surface area contributed by atoms with E-state index in [0.717, 1.165) is 13.0 Å². The molecule has 1 atom stereocenters. The van der Waals surface area contributed by atoms with E-state index >= 15 is 0 Å². The van der Waals surface area contributed by atoms with Gasteiger partial charge in [-0.1, -0.05) is 43.3 Å². The van der Waals surface area contributed by atoms with Crippen molar-refractivity contribution < 1.29 is 0 Å². The van der Waals surface area contributed by atoms with E-state index in [1.807, 2.05) is 0 Å². The zero-order valence-electron chi connectivity index (χ0n) is 12.6. The summed E-state index contributed by atoms with van der Waals surface area (Å²) in [6, 6.07) is 19.2. The van der Waals surface area contributed by atoms with Crippen LogP contribution in [0.15, 0.2) is 54.6 Å². The molecule has 0 saturated carbocycles. The summed E-state index contributed by atoms with van der Waals surface area (Å²) < 4.78 is 0. The van der Waals surface area contributed by atoms with Crippen molar-refractivity contribution >= 4 is 11.4 Å². The average molecular weight is 268 g/mol. The highest BCUT2D eigenvalue weighted by Crippen LogP contribution is 2.20. The Kier molecular flexibility index (Phi) is 5.05. The van der Waals surface area contributed by atoms with Gasteiger partial charge in [0.2, 0.25) is 0 Å². The molecule has 0 spiro atoms. The van der Waals surface area contributed by atoms with Crippen molar-refractivity contribution in [3.8, 4) is 0 Å². The van der Waals surface area contributed by atoms with Gasteiger partial charge in [-0.2, -0.15) is 0 Å². The molecule has 2 aromatic rings. The molecular formula is C18H24N2. The van der Waals surface area contributed by atoms with Gasteiger partial charge in [-0.3, -0.25) is 0 Å². The highest BCUT2D eigenvalue weighted by atomic mass is 15.1. The Morgan fingerprint density at radius 3 is 2.45 bits per heavy atom. The van der Waals surface area contributed by atoms with E-state index in [9.17, 15) is 0 Å². The van der Waals surface area contributed by atoms with Gasteiger partial charge in [0.25, 0.3) is 0 Å². The van der Waals surface area contributed by atoms with E-state index in [1.165, 1.54) is 16.9 Å². The van der Waals surface area contributed by atoms with Crippen LogP contribution in [0.2, 0.25) is 0 Å². The minimum Gasteiger partial charge on any atom is -0.385 e. The van der Waals surface area contributed by atoms with Gasteiger partial charge < -0.3 is 10.2 Å². The lowest BCUT2D eigenvalue weighted by Crippen LogP contribution is -2.10. The zero-order chi connectivity index (χ0) is 14.4. The molecule has 2 nitrogen and oxygen atoms in total. The molecule has 0 amide bonds. The van der Waals surface area contributed by atoms with Crippen LogP contribution in [-0.2, 0) is 0 Å². The van der Waals surface area contributed by atoms with Crippen molar-refractivity contribution in [2.75, 3.05) is 30.9 Å². The molecule has 0 aliphatic rings. The maximum Gasteiger partial charge on any atom is 0.0381 e. The molecule has 2 aromatic carbocycles. The largest absolute Gasteiger partial charge is 0.385 e. The van der Waals surface area contributed by atoms with Crippen molar-refractivity contribution in [3.63, 3.8) is 0 Å². The Hall–Kier alpha value is -1.96. The molecule has 0 radical (unpaired) electrons. The van der Waals surface area contributed by atoms with Crippen LogP contribution in [0.4, 0.5) is 11.4 Å². The van der Waals surface area contributed by atoms with Crippen LogP contribution in [0.25, 0.3) is 0 Å². The molecule has 0 aliphatic heterocycles. The maximum absolute atomic E-state index is 3.51. The molecule has 0 bridgehead atoms. The SMILES string of the molecule is CC(CCNc1cccc(N(C)C)c1)c1ccccc1. The first-order valence-corrected chi connectivity index (χ1v) is 7.23. The van der Waals surface area contributed by atoms with Crippen LogP contribution >= 0.6 is 0 Å². The Bertz CT molecular complexity index is 520. The Morgan fingerprint density at radius 2 is 1.75 bits per heavy atom. The molecule has 106 valence electrons. The molecule has 0 aliphatic carbocycles. The van der Waals surface area contributed by atoms with Crippen molar-refractivity contribution in [2.24, 2.45) is 0 Å². The second kappa shape index (κ2) is 6.99. The predicted molar refractivity (Wildman–Crippen MR) is 88.7 cm³/mol. The van der Waals surface area contributed by atoms with Gasteiger partial charge in [-0.15, -0.1) is 0 Å². The van der Waals surface area contributed by atoms with Gasteiger partial charge in [0, 0.05) is 32.0 Å². The summed E-state index contributed by atoms with van der Waals surface area (Å²) in [6.07, 6.45) is 1.14. The molecule has 0 heterocycles. The number of rotatable bonds is 6. The first kappa shape index (κ1) is 14.4. The minimum absolute atomic E-state index is 0.584. The van der Waals surface area contributed by atoms with Crippen molar-refractivity contribution in [1.29, 1.82) is 0 Å². The third-order valence-electron chi connectivity index (χ3n) is 3.64. The highest BCUT2D eigenvalue weighted by Gasteiger charge is 2.04. The van der Waals surface area contributed by atoms with Gasteiger partial charge in [0.1, 0.15) is 0 Å². The zero-order valence-corrected chi connectivity index (χ0v) is 12.6. The van der Waals surface area contributed by atoms with Crippen LogP contribution in [-0.4, -0.2) is 20.6 Å². The first-order chi connectivity index (χ1) is 9.66. The van der Waals surface area contributed by atoms with Crippen molar-refractivity contribution in [1.82, 2.24) is 0 Å². The molecule has 1 N–H and O–H groups in total. The number of hydrogen-bond donors (Lipinski definition) is 1. The molecule has 1 unspecified atom stereocenters. The molecule has 2 heteroatoms. The maximum atomic E-state index is 3.51. The molecule has 2 rings (SSSR count). The topological polar surface area (TPSA) is 15.3 Å². The van der Waals surface area contributed by atoms with Crippen LogP contribution in [0.1, 0.15) is 24.8 Å². The molecular weight excluding hydrogens is 244 g/mol. The summed E-state index contributed by atoms with van der Waals surface area (Å²) in [5.74, 6) is 0.584. The predicted octanol–water partition coefficient (Wildman–Crippen LogP) is 4.36. The van der Waals surface area contributed by atoms with Gasteiger partial charge in [-0.05, 0) is 36.1 Å². The molecule has 20 heavy (non-hydrogen) atoms. The fourth-order valence-electron chi connectivity index (χ4n) is 2.28. The number of benzene rings is 2. The minimum atomic E-state index is 0.584. The van der Waals surface area contributed by atoms with E-state index in [2.05, 4.69) is 85.8 Å². The lowest BCUT2D eigenvalue weighted by atomic mass is 9.98. The van der Waals surface area contributed by atoms with Gasteiger partial charge in [0.15, 0.2) is 0 Å². The lowest BCUT2D eigenvalue weighted by Gasteiger charge is -2.16. The number of nitrogens with zero attached hydrogens (tertiary/aromatic N) is 1. The summed E-state index contributed by atoms with van der Waals surface area (Å²) >= 11 is 0. The number of anilines is 2. The summed E-state index contributed by atoms with van der Waals surface area (Å²) in [4.78, 5) is 2.12. The standard InChI is InChI=1S/C18H24N2/c1-15(16-8-5-4-6-9-16)12-13-19-17-10-7-11-18(14-17)20(2)3/h4-11,14-15,19H,12-13H2,1-3H3. The number of hydrogen-bond acceptors (Lipinski definition) is 2. The average Bonchev–Trinajstić information content (AvgIpc) is 2.48. The second-order valence-corrected chi connectivity index (χ2v) is 5.47. The van der Waals surface area contributed by atoms with Crippen molar-refractivity contribution in [2.45, 2.75) is 19.3 Å². The van der Waals surface area contributed by atoms with Crippen LogP contribution < -0.4 is 10.2 Å². The number of nitrogens with one attached hydrogen (secondary N) is 1.